The van der Waals surface area contributed by atoms with Crippen LogP contribution in [0.15, 0.2) is 24.3 Å². The Kier molecular flexibility index (Phi) is 4.24. The molecule has 1 aromatic rings. The lowest BCUT2D eigenvalue weighted by molar-refractivity contribution is -0.384. The quantitative estimate of drug-likeness (QED) is 0.516. The molecular formula is C12H17N3O3. The molecule has 18 heavy (non-hydrogen) atoms. The monoisotopic (exact) mass is 251 g/mol. The van der Waals surface area contributed by atoms with Crippen molar-refractivity contribution in [3.05, 3.63) is 39.9 Å². The lowest BCUT2D eigenvalue weighted by Gasteiger charge is -2.13. The summed E-state index contributed by atoms with van der Waals surface area (Å²) in [7, 11) is 0. The highest BCUT2D eigenvalue weighted by atomic mass is 16.6. The van der Waals surface area contributed by atoms with Crippen molar-refractivity contribution in [2.75, 3.05) is 19.6 Å². The maximum Gasteiger partial charge on any atom is 0.269 e. The SMILES string of the molecule is O=[N+]([O-])c1ccc(CNCC2CNCC2O)cc1. The standard InChI is InChI=1S/C12H17N3O3/c16-12-8-14-7-10(12)6-13-5-9-1-3-11(4-2-9)15(17)18/h1-4,10,12-14,16H,5-8H2. The average molecular weight is 251 g/mol. The molecule has 1 saturated heterocycles. The van der Waals surface area contributed by atoms with E-state index in [2.05, 4.69) is 10.6 Å². The lowest BCUT2D eigenvalue weighted by Crippen LogP contribution is -2.30. The molecule has 1 aliphatic heterocycles. The van der Waals surface area contributed by atoms with Gasteiger partial charge in [0.05, 0.1) is 11.0 Å². The number of non-ortho nitro benzene ring substituents is 1. The third-order valence-corrected chi connectivity index (χ3v) is 3.19. The molecule has 0 amide bonds. The van der Waals surface area contributed by atoms with E-state index >= 15 is 0 Å². The number of nitrogens with zero attached hydrogens (tertiary/aromatic N) is 1. The Balaban J connectivity index is 1.78. The zero-order valence-electron chi connectivity index (χ0n) is 10.0. The first-order valence-corrected chi connectivity index (χ1v) is 5.99. The van der Waals surface area contributed by atoms with Crippen LogP contribution in [0.3, 0.4) is 0 Å². The van der Waals surface area contributed by atoms with Gasteiger partial charge in [0.2, 0.25) is 0 Å². The molecule has 0 aromatic heterocycles. The van der Waals surface area contributed by atoms with Crippen LogP contribution in [-0.4, -0.2) is 35.8 Å². The summed E-state index contributed by atoms with van der Waals surface area (Å²) in [6, 6.07) is 6.49. The number of aliphatic hydroxyl groups excluding tert-OH is 1. The molecule has 2 atom stereocenters. The Morgan fingerprint density at radius 1 is 1.39 bits per heavy atom. The summed E-state index contributed by atoms with van der Waals surface area (Å²) >= 11 is 0. The van der Waals surface area contributed by atoms with Crippen LogP contribution >= 0.6 is 0 Å². The molecule has 2 rings (SSSR count). The second-order valence-corrected chi connectivity index (χ2v) is 4.54. The van der Waals surface area contributed by atoms with Gasteiger partial charge < -0.3 is 15.7 Å². The smallest absolute Gasteiger partial charge is 0.269 e. The van der Waals surface area contributed by atoms with Gasteiger partial charge in [0.25, 0.3) is 5.69 Å². The van der Waals surface area contributed by atoms with Gasteiger partial charge in [-0.2, -0.15) is 0 Å². The first-order valence-electron chi connectivity index (χ1n) is 5.99. The first kappa shape index (κ1) is 12.9. The summed E-state index contributed by atoms with van der Waals surface area (Å²) in [6.45, 7) is 2.88. The van der Waals surface area contributed by atoms with Gasteiger partial charge in [-0.1, -0.05) is 12.1 Å². The number of nitrogens with one attached hydrogen (secondary N) is 2. The van der Waals surface area contributed by atoms with E-state index < -0.39 is 4.92 Å². The highest BCUT2D eigenvalue weighted by molar-refractivity contribution is 5.32. The largest absolute Gasteiger partial charge is 0.391 e. The first-order chi connectivity index (χ1) is 8.66. The third-order valence-electron chi connectivity index (χ3n) is 3.19. The highest BCUT2D eigenvalue weighted by Crippen LogP contribution is 2.12. The van der Waals surface area contributed by atoms with Crippen molar-refractivity contribution in [1.29, 1.82) is 0 Å². The molecule has 2 unspecified atom stereocenters. The summed E-state index contributed by atoms with van der Waals surface area (Å²) in [5, 5.41) is 26.5. The van der Waals surface area contributed by atoms with Gasteiger partial charge in [-0.3, -0.25) is 10.1 Å². The van der Waals surface area contributed by atoms with E-state index in [0.717, 1.165) is 18.7 Å². The number of β-amino-alcohol motifs (C(OH)–C–C–N with tert-alkyl or cyclic N) is 1. The second kappa shape index (κ2) is 5.90. The summed E-state index contributed by atoms with van der Waals surface area (Å²) < 4.78 is 0. The Morgan fingerprint density at radius 3 is 2.67 bits per heavy atom. The van der Waals surface area contributed by atoms with Crippen LogP contribution in [0.1, 0.15) is 5.56 Å². The van der Waals surface area contributed by atoms with E-state index in [-0.39, 0.29) is 17.7 Å². The van der Waals surface area contributed by atoms with Gasteiger partial charge in [0, 0.05) is 44.2 Å². The molecule has 1 fully saturated rings. The van der Waals surface area contributed by atoms with Crippen molar-refractivity contribution in [3.63, 3.8) is 0 Å². The van der Waals surface area contributed by atoms with Gasteiger partial charge in [-0.25, -0.2) is 0 Å². The summed E-state index contributed by atoms with van der Waals surface area (Å²) in [6.07, 6.45) is -0.283. The Hall–Kier alpha value is -1.50. The number of nitro benzene ring substituents is 1. The summed E-state index contributed by atoms with van der Waals surface area (Å²) in [4.78, 5) is 10.1. The number of nitro groups is 1. The van der Waals surface area contributed by atoms with Gasteiger partial charge in [-0.15, -0.1) is 0 Å². The van der Waals surface area contributed by atoms with Crippen molar-refractivity contribution in [2.45, 2.75) is 12.6 Å². The molecule has 0 saturated carbocycles. The van der Waals surface area contributed by atoms with Crippen molar-refractivity contribution in [3.8, 4) is 0 Å². The van der Waals surface area contributed by atoms with Gasteiger partial charge in [0.15, 0.2) is 0 Å². The fourth-order valence-electron chi connectivity index (χ4n) is 2.06. The van der Waals surface area contributed by atoms with Crippen molar-refractivity contribution >= 4 is 5.69 Å². The number of aliphatic hydroxyl groups is 1. The van der Waals surface area contributed by atoms with E-state index in [4.69, 9.17) is 0 Å². The minimum atomic E-state index is -0.405. The van der Waals surface area contributed by atoms with E-state index in [1.54, 1.807) is 12.1 Å². The number of rotatable bonds is 5. The maximum atomic E-state index is 10.5. The minimum absolute atomic E-state index is 0.106. The fraction of sp³-hybridized carbons (Fsp3) is 0.500. The van der Waals surface area contributed by atoms with Gasteiger partial charge in [0.1, 0.15) is 0 Å². The van der Waals surface area contributed by atoms with E-state index in [1.165, 1.54) is 12.1 Å². The Morgan fingerprint density at radius 2 is 2.11 bits per heavy atom. The van der Waals surface area contributed by atoms with Crippen LogP contribution in [0.25, 0.3) is 0 Å². The average Bonchev–Trinajstić information content (AvgIpc) is 2.76. The normalized spacial score (nSPS) is 23.2. The van der Waals surface area contributed by atoms with Crippen LogP contribution in [0.5, 0.6) is 0 Å². The molecule has 98 valence electrons. The zero-order chi connectivity index (χ0) is 13.0. The van der Waals surface area contributed by atoms with E-state index in [9.17, 15) is 15.2 Å². The number of hydrogen-bond donors (Lipinski definition) is 3. The van der Waals surface area contributed by atoms with Crippen LogP contribution in [0.4, 0.5) is 5.69 Å². The Bertz CT molecular complexity index is 408. The maximum absolute atomic E-state index is 10.5. The highest BCUT2D eigenvalue weighted by Gasteiger charge is 2.23. The molecule has 0 aliphatic carbocycles. The molecule has 1 aromatic carbocycles. The third kappa shape index (κ3) is 3.25. The van der Waals surface area contributed by atoms with Crippen LogP contribution < -0.4 is 10.6 Å². The van der Waals surface area contributed by atoms with Crippen LogP contribution in [0.2, 0.25) is 0 Å². The number of benzene rings is 1. The van der Waals surface area contributed by atoms with Crippen molar-refractivity contribution < 1.29 is 10.0 Å². The van der Waals surface area contributed by atoms with Crippen LogP contribution in [-0.2, 0) is 6.54 Å². The lowest BCUT2D eigenvalue weighted by atomic mass is 10.1. The molecule has 6 nitrogen and oxygen atoms in total. The topological polar surface area (TPSA) is 87.4 Å². The van der Waals surface area contributed by atoms with E-state index in [0.29, 0.717) is 13.1 Å². The van der Waals surface area contributed by atoms with Gasteiger partial charge >= 0.3 is 0 Å². The fourth-order valence-corrected chi connectivity index (χ4v) is 2.06. The molecule has 0 radical (unpaired) electrons. The molecule has 0 spiro atoms. The second-order valence-electron chi connectivity index (χ2n) is 4.54. The van der Waals surface area contributed by atoms with Crippen LogP contribution in [0, 0.1) is 16.0 Å². The molecule has 3 N–H and O–H groups in total. The minimum Gasteiger partial charge on any atom is -0.391 e. The van der Waals surface area contributed by atoms with Crippen molar-refractivity contribution in [2.24, 2.45) is 5.92 Å². The number of hydrogen-bond acceptors (Lipinski definition) is 5. The molecular weight excluding hydrogens is 234 g/mol. The summed E-state index contributed by atoms with van der Waals surface area (Å²) in [5.41, 5.74) is 1.11. The van der Waals surface area contributed by atoms with Gasteiger partial charge in [-0.05, 0) is 5.56 Å². The van der Waals surface area contributed by atoms with E-state index in [1.807, 2.05) is 0 Å². The molecule has 6 heteroatoms. The predicted octanol–water partition coefficient (Wildman–Crippen LogP) is 0.265. The Labute approximate surface area is 105 Å². The predicted molar refractivity (Wildman–Crippen MR) is 67.2 cm³/mol. The molecule has 1 aliphatic rings. The molecule has 1 heterocycles. The van der Waals surface area contributed by atoms with Crippen molar-refractivity contribution in [1.82, 2.24) is 10.6 Å². The molecule has 0 bridgehead atoms. The summed E-state index contributed by atoms with van der Waals surface area (Å²) in [5.74, 6) is 0.239. The zero-order valence-corrected chi connectivity index (χ0v) is 10.0.